The lowest BCUT2D eigenvalue weighted by molar-refractivity contribution is -0.139. The average molecular weight is 300 g/mol. The van der Waals surface area contributed by atoms with Crippen LogP contribution in [0.2, 0.25) is 10.0 Å². The van der Waals surface area contributed by atoms with E-state index < -0.39 is 5.97 Å². The van der Waals surface area contributed by atoms with Crippen LogP contribution in [0.3, 0.4) is 0 Å². The molecule has 0 aromatic heterocycles. The van der Waals surface area contributed by atoms with E-state index in [1.165, 1.54) is 13.2 Å². The summed E-state index contributed by atoms with van der Waals surface area (Å²) in [7, 11) is 1.49. The number of nitriles is 1. The van der Waals surface area contributed by atoms with Gasteiger partial charge in [0.25, 0.3) is 0 Å². The van der Waals surface area contributed by atoms with Gasteiger partial charge in [-0.25, -0.2) is 4.79 Å². The maximum atomic E-state index is 11.6. The SMILES string of the molecule is COCCOC(=O)/C(C#N)=C\c1ccc(Cl)c(Cl)c1. The number of rotatable bonds is 5. The number of esters is 1. The van der Waals surface area contributed by atoms with Crippen molar-refractivity contribution in [3.63, 3.8) is 0 Å². The molecule has 0 spiro atoms. The maximum absolute atomic E-state index is 11.6. The minimum absolute atomic E-state index is 0.0930. The minimum Gasteiger partial charge on any atom is -0.459 e. The van der Waals surface area contributed by atoms with Crippen LogP contribution in [-0.2, 0) is 14.3 Å². The molecule has 0 bridgehead atoms. The lowest BCUT2D eigenvalue weighted by Gasteiger charge is -2.03. The van der Waals surface area contributed by atoms with Crippen molar-refractivity contribution < 1.29 is 14.3 Å². The Morgan fingerprint density at radius 3 is 2.68 bits per heavy atom. The van der Waals surface area contributed by atoms with Gasteiger partial charge in [0.15, 0.2) is 0 Å². The van der Waals surface area contributed by atoms with Crippen LogP contribution < -0.4 is 0 Å². The summed E-state index contributed by atoms with van der Waals surface area (Å²) in [6.45, 7) is 0.368. The van der Waals surface area contributed by atoms with Crippen LogP contribution in [0, 0.1) is 11.3 Å². The number of hydrogen-bond donors (Lipinski definition) is 0. The molecule has 0 aliphatic rings. The number of ether oxygens (including phenoxy) is 2. The van der Waals surface area contributed by atoms with Gasteiger partial charge in [-0.05, 0) is 23.8 Å². The molecule has 6 heteroatoms. The van der Waals surface area contributed by atoms with E-state index in [-0.39, 0.29) is 18.8 Å². The standard InChI is InChI=1S/C13H11Cl2NO3/c1-18-4-5-19-13(17)10(8-16)6-9-2-3-11(14)12(15)7-9/h2-3,6-7H,4-5H2,1H3/b10-6-. The highest BCUT2D eigenvalue weighted by atomic mass is 35.5. The number of methoxy groups -OCH3 is 1. The van der Waals surface area contributed by atoms with Crippen molar-refractivity contribution in [2.75, 3.05) is 20.3 Å². The van der Waals surface area contributed by atoms with Crippen LogP contribution in [0.15, 0.2) is 23.8 Å². The van der Waals surface area contributed by atoms with Gasteiger partial charge in [-0.15, -0.1) is 0 Å². The average Bonchev–Trinajstić information content (AvgIpc) is 2.40. The van der Waals surface area contributed by atoms with Crippen LogP contribution in [0.1, 0.15) is 5.56 Å². The number of halogens is 2. The van der Waals surface area contributed by atoms with E-state index in [1.54, 1.807) is 24.3 Å². The summed E-state index contributed by atoms with van der Waals surface area (Å²) in [4.78, 5) is 11.6. The highest BCUT2D eigenvalue weighted by molar-refractivity contribution is 6.42. The summed E-state index contributed by atoms with van der Waals surface area (Å²) in [5.74, 6) is -0.703. The molecule has 0 aliphatic heterocycles. The molecule has 1 rings (SSSR count). The summed E-state index contributed by atoms with van der Waals surface area (Å²) in [5, 5.41) is 9.68. The Morgan fingerprint density at radius 2 is 2.11 bits per heavy atom. The molecular formula is C13H11Cl2NO3. The van der Waals surface area contributed by atoms with Gasteiger partial charge in [0.2, 0.25) is 0 Å². The molecule has 100 valence electrons. The van der Waals surface area contributed by atoms with Crippen molar-refractivity contribution in [3.8, 4) is 6.07 Å². The van der Waals surface area contributed by atoms with Gasteiger partial charge in [0.05, 0.1) is 16.7 Å². The highest BCUT2D eigenvalue weighted by Crippen LogP contribution is 2.23. The molecule has 0 atom stereocenters. The zero-order chi connectivity index (χ0) is 14.3. The molecule has 1 aromatic rings. The fourth-order valence-corrected chi connectivity index (χ4v) is 1.51. The van der Waals surface area contributed by atoms with E-state index in [0.29, 0.717) is 15.6 Å². The summed E-state index contributed by atoms with van der Waals surface area (Å²) >= 11 is 11.6. The third kappa shape index (κ3) is 4.92. The molecule has 0 unspecified atom stereocenters. The highest BCUT2D eigenvalue weighted by Gasteiger charge is 2.10. The monoisotopic (exact) mass is 299 g/mol. The van der Waals surface area contributed by atoms with Gasteiger partial charge in [0, 0.05) is 7.11 Å². The van der Waals surface area contributed by atoms with E-state index in [1.807, 2.05) is 0 Å². The molecule has 0 radical (unpaired) electrons. The Labute approximate surface area is 121 Å². The van der Waals surface area contributed by atoms with Crippen molar-refractivity contribution in [2.24, 2.45) is 0 Å². The molecule has 19 heavy (non-hydrogen) atoms. The Morgan fingerprint density at radius 1 is 1.37 bits per heavy atom. The van der Waals surface area contributed by atoms with Crippen LogP contribution in [-0.4, -0.2) is 26.3 Å². The van der Waals surface area contributed by atoms with Crippen molar-refractivity contribution in [2.45, 2.75) is 0 Å². The van der Waals surface area contributed by atoms with Gasteiger partial charge < -0.3 is 9.47 Å². The summed E-state index contributed by atoms with van der Waals surface area (Å²) < 4.78 is 9.59. The van der Waals surface area contributed by atoms with Gasteiger partial charge in [-0.2, -0.15) is 5.26 Å². The number of carbonyl (C=O) groups excluding carboxylic acids is 1. The summed E-state index contributed by atoms with van der Waals surface area (Å²) in [5.41, 5.74) is 0.476. The predicted molar refractivity (Wildman–Crippen MR) is 72.9 cm³/mol. The molecule has 0 aliphatic carbocycles. The van der Waals surface area contributed by atoms with Crippen LogP contribution in [0.4, 0.5) is 0 Å². The third-order valence-corrected chi connectivity index (χ3v) is 2.85. The lowest BCUT2D eigenvalue weighted by atomic mass is 10.1. The molecule has 0 N–H and O–H groups in total. The molecule has 4 nitrogen and oxygen atoms in total. The lowest BCUT2D eigenvalue weighted by Crippen LogP contribution is -2.11. The largest absolute Gasteiger partial charge is 0.459 e. The third-order valence-electron chi connectivity index (χ3n) is 2.12. The van der Waals surface area contributed by atoms with Gasteiger partial charge in [0.1, 0.15) is 18.2 Å². The van der Waals surface area contributed by atoms with Crippen molar-refractivity contribution in [3.05, 3.63) is 39.4 Å². The molecular weight excluding hydrogens is 289 g/mol. The van der Waals surface area contributed by atoms with Crippen molar-refractivity contribution in [1.82, 2.24) is 0 Å². The Balaban J connectivity index is 2.84. The van der Waals surface area contributed by atoms with Crippen LogP contribution in [0.5, 0.6) is 0 Å². The van der Waals surface area contributed by atoms with Gasteiger partial charge >= 0.3 is 5.97 Å². The zero-order valence-corrected chi connectivity index (χ0v) is 11.7. The Bertz CT molecular complexity index is 535. The number of benzene rings is 1. The Kier molecular flexibility index (Phi) is 6.37. The fourth-order valence-electron chi connectivity index (χ4n) is 1.20. The van der Waals surface area contributed by atoms with Crippen LogP contribution >= 0.6 is 23.2 Å². The number of nitrogens with zero attached hydrogens (tertiary/aromatic N) is 1. The van der Waals surface area contributed by atoms with Crippen LogP contribution in [0.25, 0.3) is 6.08 Å². The number of hydrogen-bond acceptors (Lipinski definition) is 4. The quantitative estimate of drug-likeness (QED) is 0.363. The first-order chi connectivity index (χ1) is 9.08. The predicted octanol–water partition coefficient (Wildman–Crippen LogP) is 3.09. The molecule has 0 amide bonds. The second-order valence-corrected chi connectivity index (χ2v) is 4.29. The first-order valence-corrected chi connectivity index (χ1v) is 6.07. The second-order valence-electron chi connectivity index (χ2n) is 3.47. The topological polar surface area (TPSA) is 59.3 Å². The van der Waals surface area contributed by atoms with E-state index in [2.05, 4.69) is 0 Å². The molecule has 0 saturated carbocycles. The fraction of sp³-hybridized carbons (Fsp3) is 0.231. The molecule has 0 heterocycles. The first kappa shape index (κ1) is 15.5. The van der Waals surface area contributed by atoms with E-state index >= 15 is 0 Å². The maximum Gasteiger partial charge on any atom is 0.348 e. The van der Waals surface area contributed by atoms with E-state index in [9.17, 15) is 4.79 Å². The van der Waals surface area contributed by atoms with Gasteiger partial charge in [-0.3, -0.25) is 0 Å². The molecule has 0 fully saturated rings. The van der Waals surface area contributed by atoms with E-state index in [0.717, 1.165) is 0 Å². The zero-order valence-electron chi connectivity index (χ0n) is 10.2. The Hall–Kier alpha value is -1.54. The van der Waals surface area contributed by atoms with E-state index in [4.69, 9.17) is 37.9 Å². The smallest absolute Gasteiger partial charge is 0.348 e. The minimum atomic E-state index is -0.703. The van der Waals surface area contributed by atoms with Gasteiger partial charge in [-0.1, -0.05) is 29.3 Å². The first-order valence-electron chi connectivity index (χ1n) is 5.31. The normalized spacial score (nSPS) is 10.9. The van der Waals surface area contributed by atoms with Crippen molar-refractivity contribution >= 4 is 35.2 Å². The second kappa shape index (κ2) is 7.80. The van der Waals surface area contributed by atoms with Crippen molar-refractivity contribution in [1.29, 1.82) is 5.26 Å². The number of carbonyl (C=O) groups is 1. The molecule has 0 saturated heterocycles. The molecule has 1 aromatic carbocycles. The summed E-state index contributed by atoms with van der Waals surface area (Å²) in [6.07, 6.45) is 1.39. The summed E-state index contributed by atoms with van der Waals surface area (Å²) in [6, 6.07) is 6.57.